The number of rotatable bonds is 32. The third-order valence-electron chi connectivity index (χ3n) is 12.7. The van der Waals surface area contributed by atoms with Crippen LogP contribution < -0.4 is 0 Å². The van der Waals surface area contributed by atoms with Crippen molar-refractivity contribution in [3.05, 3.63) is 251 Å². The summed E-state index contributed by atoms with van der Waals surface area (Å²) in [7, 11) is 0. The smallest absolute Gasteiger partial charge is 0.324 e. The number of nitrogens with zero attached hydrogens (tertiary/aromatic N) is 3. The van der Waals surface area contributed by atoms with Gasteiger partial charge in [0.15, 0.2) is 0 Å². The first kappa shape index (κ1) is 58.9. The molecule has 0 aliphatic carbocycles. The van der Waals surface area contributed by atoms with Crippen LogP contribution in [0.5, 0.6) is 0 Å². The zero-order chi connectivity index (χ0) is 56.0. The average Bonchev–Trinajstić information content (AvgIpc) is 3.49. The highest BCUT2D eigenvalue weighted by Crippen LogP contribution is 2.18. The molecule has 1 unspecified atom stereocenters. The molecule has 414 valence electrons. The molecule has 0 aliphatic rings. The van der Waals surface area contributed by atoms with Crippen LogP contribution in [0.1, 0.15) is 44.5 Å². The highest BCUT2D eigenvalue weighted by Gasteiger charge is 2.31. The summed E-state index contributed by atoms with van der Waals surface area (Å²) in [5.41, 5.74) is 6.09. The maximum absolute atomic E-state index is 14.9. The lowest BCUT2D eigenvalue weighted by atomic mass is 10.0. The molecule has 0 spiro atoms. The van der Waals surface area contributed by atoms with E-state index in [9.17, 15) is 28.8 Å². The van der Waals surface area contributed by atoms with Gasteiger partial charge in [-0.2, -0.15) is 0 Å². The number of carbonyl (C=O) groups excluding carboxylic acids is 6. The Hall–Kier alpha value is -8.76. The van der Waals surface area contributed by atoms with Crippen molar-refractivity contribution < 1.29 is 57.2 Å². The van der Waals surface area contributed by atoms with Crippen molar-refractivity contribution in [3.8, 4) is 0 Å². The molecular formula is C65H67N3O12. The van der Waals surface area contributed by atoms with Gasteiger partial charge in [-0.25, -0.2) is 0 Å². The Morgan fingerprint density at radius 1 is 0.300 bits per heavy atom. The van der Waals surface area contributed by atoms with E-state index in [1.807, 2.05) is 205 Å². The minimum absolute atomic E-state index is 0.00857. The van der Waals surface area contributed by atoms with Crippen LogP contribution in [0.3, 0.4) is 0 Å². The van der Waals surface area contributed by atoms with Gasteiger partial charge in [0, 0.05) is 26.2 Å². The summed E-state index contributed by atoms with van der Waals surface area (Å²) in [6, 6.07) is 61.8. The van der Waals surface area contributed by atoms with E-state index in [2.05, 4.69) is 0 Å². The van der Waals surface area contributed by atoms with E-state index in [4.69, 9.17) is 28.4 Å². The van der Waals surface area contributed by atoms with Crippen LogP contribution in [0, 0.1) is 0 Å². The number of hydrogen-bond donors (Lipinski definition) is 0. The fourth-order valence-electron chi connectivity index (χ4n) is 8.49. The van der Waals surface area contributed by atoms with Crippen molar-refractivity contribution >= 4 is 35.8 Å². The highest BCUT2D eigenvalue weighted by molar-refractivity contribution is 5.77. The SMILES string of the molecule is O=C(Cc1cccc(CC(C(=O)OCc2ccccc2)N(CCN(CC(=O)OCc2ccccc2)CC(=O)OCc2ccccc2)CCN(CC(=O)OCc2ccccc2)CC(=O)OCc2ccccc2)c1)OCc1ccccc1. The first-order valence-corrected chi connectivity index (χ1v) is 26.5. The van der Waals surface area contributed by atoms with Gasteiger partial charge in [0.25, 0.3) is 0 Å². The second-order valence-electron chi connectivity index (χ2n) is 19.0. The Morgan fingerprint density at radius 2 is 0.575 bits per heavy atom. The molecule has 7 aromatic rings. The molecule has 15 heteroatoms. The quantitative estimate of drug-likeness (QED) is 0.0291. The molecule has 0 amide bonds. The van der Waals surface area contributed by atoms with Crippen LogP contribution in [0.25, 0.3) is 0 Å². The van der Waals surface area contributed by atoms with Gasteiger partial charge in [-0.1, -0.05) is 206 Å². The predicted octanol–water partition coefficient (Wildman–Crippen LogP) is 8.51. The van der Waals surface area contributed by atoms with Crippen LogP contribution in [-0.2, 0) is 110 Å². The Kier molecular flexibility index (Phi) is 24.2. The maximum Gasteiger partial charge on any atom is 0.324 e. The average molecular weight is 1080 g/mol. The second kappa shape index (κ2) is 32.9. The van der Waals surface area contributed by atoms with Gasteiger partial charge in [0.05, 0.1) is 32.6 Å². The molecule has 0 saturated heterocycles. The van der Waals surface area contributed by atoms with E-state index in [-0.39, 0.29) is 105 Å². The molecule has 80 heavy (non-hydrogen) atoms. The van der Waals surface area contributed by atoms with Gasteiger partial charge in [0.2, 0.25) is 0 Å². The molecule has 0 radical (unpaired) electrons. The van der Waals surface area contributed by atoms with Gasteiger partial charge in [-0.3, -0.25) is 43.5 Å². The normalized spacial score (nSPS) is 11.4. The molecule has 0 aliphatic heterocycles. The monoisotopic (exact) mass is 1080 g/mol. The highest BCUT2D eigenvalue weighted by atomic mass is 16.6. The number of ether oxygens (including phenoxy) is 6. The van der Waals surface area contributed by atoms with Gasteiger partial charge < -0.3 is 28.4 Å². The summed E-state index contributed by atoms with van der Waals surface area (Å²) >= 11 is 0. The van der Waals surface area contributed by atoms with Gasteiger partial charge in [-0.05, 0) is 50.9 Å². The number of hydrogen-bond acceptors (Lipinski definition) is 15. The third-order valence-corrected chi connectivity index (χ3v) is 12.7. The Bertz CT molecular complexity index is 2750. The van der Waals surface area contributed by atoms with E-state index in [0.29, 0.717) is 11.1 Å². The first-order valence-electron chi connectivity index (χ1n) is 26.5. The van der Waals surface area contributed by atoms with E-state index >= 15 is 0 Å². The lowest BCUT2D eigenvalue weighted by Gasteiger charge is -2.34. The first-order chi connectivity index (χ1) is 39.1. The summed E-state index contributed by atoms with van der Waals surface area (Å²) < 4.78 is 34.5. The Balaban J connectivity index is 1.17. The van der Waals surface area contributed by atoms with Gasteiger partial charge >= 0.3 is 35.8 Å². The molecule has 0 saturated carbocycles. The van der Waals surface area contributed by atoms with E-state index in [1.54, 1.807) is 15.9 Å². The second-order valence-corrected chi connectivity index (χ2v) is 19.0. The molecule has 1 atom stereocenters. The van der Waals surface area contributed by atoms with Crippen LogP contribution >= 0.6 is 0 Å². The molecule has 0 N–H and O–H groups in total. The third kappa shape index (κ3) is 21.9. The minimum atomic E-state index is -1.03. The Labute approximate surface area is 467 Å². The summed E-state index contributed by atoms with van der Waals surface area (Å²) in [5.74, 6) is -3.40. The fraction of sp³-hybridized carbons (Fsp3) is 0.262. The molecule has 7 rings (SSSR count). The summed E-state index contributed by atoms with van der Waals surface area (Å²) in [6.07, 6.45) is 0.0515. The van der Waals surface area contributed by atoms with Gasteiger partial charge in [-0.15, -0.1) is 0 Å². The van der Waals surface area contributed by atoms with E-state index < -0.39 is 41.9 Å². The topological polar surface area (TPSA) is 168 Å². The Morgan fingerprint density at radius 3 is 0.900 bits per heavy atom. The van der Waals surface area contributed by atoms with Crippen molar-refractivity contribution in [1.82, 2.24) is 14.7 Å². The van der Waals surface area contributed by atoms with Crippen LogP contribution in [0.15, 0.2) is 206 Å². The number of benzene rings is 7. The molecule has 7 aromatic carbocycles. The fourth-order valence-corrected chi connectivity index (χ4v) is 8.49. The molecule has 0 aromatic heterocycles. The lowest BCUT2D eigenvalue weighted by molar-refractivity contribution is -0.154. The summed E-state index contributed by atoms with van der Waals surface area (Å²) in [6.45, 7) is -0.939. The standard InChI is InChI=1S/C65H67N3O12/c69-60(75-45-51-20-7-1-8-21-51)40-58-33-19-32-57(38-58)39-59(65(74)80-50-56-30-17-6-18-31-56)68(36-34-66(41-61(70)76-46-52-22-9-2-10-23-52)42-62(71)77-47-53-24-11-3-12-25-53)37-35-67(43-63(72)78-48-54-26-13-4-14-27-54)44-64(73)79-49-55-28-15-5-16-29-55/h1-33,38,59H,34-37,39-50H2. The molecular weight excluding hydrogens is 1010 g/mol. The number of carbonyl (C=O) groups is 6. The van der Waals surface area contributed by atoms with Crippen molar-refractivity contribution in [2.45, 2.75) is 58.5 Å². The van der Waals surface area contributed by atoms with Crippen molar-refractivity contribution in [3.63, 3.8) is 0 Å². The molecule has 0 bridgehead atoms. The van der Waals surface area contributed by atoms with E-state index in [1.165, 1.54) is 0 Å². The van der Waals surface area contributed by atoms with Crippen molar-refractivity contribution in [2.75, 3.05) is 52.4 Å². The van der Waals surface area contributed by atoms with Crippen LogP contribution in [0.4, 0.5) is 0 Å². The largest absolute Gasteiger partial charge is 0.461 e. The minimum Gasteiger partial charge on any atom is -0.461 e. The lowest BCUT2D eigenvalue weighted by Crippen LogP contribution is -2.51. The van der Waals surface area contributed by atoms with Crippen LogP contribution in [-0.4, -0.2) is 109 Å². The van der Waals surface area contributed by atoms with Crippen molar-refractivity contribution in [1.29, 1.82) is 0 Å². The molecule has 0 fully saturated rings. The van der Waals surface area contributed by atoms with E-state index in [0.717, 1.165) is 33.4 Å². The zero-order valence-corrected chi connectivity index (χ0v) is 44.8. The predicted molar refractivity (Wildman–Crippen MR) is 300 cm³/mol. The number of esters is 6. The molecule has 15 nitrogen and oxygen atoms in total. The molecule has 0 heterocycles. The summed E-state index contributed by atoms with van der Waals surface area (Å²) in [5, 5.41) is 0. The zero-order valence-electron chi connectivity index (χ0n) is 44.8. The van der Waals surface area contributed by atoms with Gasteiger partial charge in [0.1, 0.15) is 45.7 Å². The van der Waals surface area contributed by atoms with Crippen LogP contribution in [0.2, 0.25) is 0 Å². The van der Waals surface area contributed by atoms with Crippen molar-refractivity contribution in [2.24, 2.45) is 0 Å². The summed E-state index contributed by atoms with van der Waals surface area (Å²) in [4.78, 5) is 87.6. The maximum atomic E-state index is 14.9.